The van der Waals surface area contributed by atoms with Gasteiger partial charge < -0.3 is 5.11 Å². The zero-order valence-corrected chi connectivity index (χ0v) is 10.7. The van der Waals surface area contributed by atoms with Crippen molar-refractivity contribution in [1.29, 1.82) is 0 Å². The predicted octanol–water partition coefficient (Wildman–Crippen LogP) is 1.75. The Morgan fingerprint density at radius 3 is 2.27 bits per heavy atom. The van der Waals surface area contributed by atoms with E-state index in [0.717, 1.165) is 19.3 Å². The molecule has 2 unspecified atom stereocenters. The number of aliphatic hydroxyl groups is 1. The second kappa shape index (κ2) is 4.42. The summed E-state index contributed by atoms with van der Waals surface area (Å²) in [6, 6.07) is 0. The van der Waals surface area contributed by atoms with Gasteiger partial charge in [0.15, 0.2) is 9.84 Å². The molecule has 2 atom stereocenters. The van der Waals surface area contributed by atoms with Gasteiger partial charge in [-0.3, -0.25) is 0 Å². The second-order valence-electron chi connectivity index (χ2n) is 5.48. The Labute approximate surface area is 92.8 Å². The highest BCUT2D eigenvalue weighted by Gasteiger charge is 2.32. The molecule has 1 fully saturated rings. The fourth-order valence-electron chi connectivity index (χ4n) is 1.97. The minimum Gasteiger partial charge on any atom is -0.393 e. The third-order valence-corrected chi connectivity index (χ3v) is 5.95. The zero-order valence-electron chi connectivity index (χ0n) is 9.86. The highest BCUT2D eigenvalue weighted by molar-refractivity contribution is 7.92. The van der Waals surface area contributed by atoms with Gasteiger partial charge in [0.25, 0.3) is 0 Å². The number of sulfone groups is 1. The summed E-state index contributed by atoms with van der Waals surface area (Å²) in [5, 5.41) is 9.59. The summed E-state index contributed by atoms with van der Waals surface area (Å²) in [5.41, 5.74) is 0. The quantitative estimate of drug-likeness (QED) is 0.809. The van der Waals surface area contributed by atoms with Gasteiger partial charge in [-0.05, 0) is 46.0 Å². The Kier molecular flexibility index (Phi) is 3.82. The van der Waals surface area contributed by atoms with Crippen molar-refractivity contribution in [1.82, 2.24) is 0 Å². The van der Waals surface area contributed by atoms with Crippen LogP contribution in [-0.2, 0) is 9.84 Å². The van der Waals surface area contributed by atoms with E-state index >= 15 is 0 Å². The predicted molar refractivity (Wildman–Crippen MR) is 61.5 cm³/mol. The van der Waals surface area contributed by atoms with Crippen molar-refractivity contribution in [3.05, 3.63) is 0 Å². The average molecular weight is 234 g/mol. The van der Waals surface area contributed by atoms with E-state index in [0.29, 0.717) is 6.42 Å². The van der Waals surface area contributed by atoms with Crippen LogP contribution >= 0.6 is 0 Å². The Morgan fingerprint density at radius 1 is 1.27 bits per heavy atom. The third kappa shape index (κ3) is 3.18. The number of hydrogen-bond donors (Lipinski definition) is 1. The standard InChI is InChI=1S/C11H22O3S/c1-11(2,3)15(13,14)8-7-9-5-4-6-10(9)12/h9-10,12H,4-8H2,1-3H3. The first kappa shape index (κ1) is 13.0. The molecule has 4 heteroatoms. The summed E-state index contributed by atoms with van der Waals surface area (Å²) in [6.07, 6.45) is 3.17. The molecule has 1 saturated carbocycles. The minimum absolute atomic E-state index is 0.196. The maximum atomic E-state index is 11.8. The number of rotatable bonds is 3. The van der Waals surface area contributed by atoms with E-state index < -0.39 is 14.6 Å². The SMILES string of the molecule is CC(C)(C)S(=O)(=O)CCC1CCCC1O. The Morgan fingerprint density at radius 2 is 1.87 bits per heavy atom. The fourth-order valence-corrected chi connectivity index (χ4v) is 3.19. The average Bonchev–Trinajstić information content (AvgIpc) is 2.46. The first-order valence-corrected chi connectivity index (χ1v) is 7.29. The van der Waals surface area contributed by atoms with Gasteiger partial charge in [0.05, 0.1) is 16.6 Å². The van der Waals surface area contributed by atoms with Gasteiger partial charge in [-0.25, -0.2) is 8.42 Å². The van der Waals surface area contributed by atoms with Crippen molar-refractivity contribution in [3.8, 4) is 0 Å². The summed E-state index contributed by atoms with van der Waals surface area (Å²) in [6.45, 7) is 5.19. The van der Waals surface area contributed by atoms with Gasteiger partial charge in [0, 0.05) is 0 Å². The first-order chi connectivity index (χ1) is 6.74. The summed E-state index contributed by atoms with van der Waals surface area (Å²) in [7, 11) is -3.02. The highest BCUT2D eigenvalue weighted by Crippen LogP contribution is 2.29. The number of hydrogen-bond acceptors (Lipinski definition) is 3. The molecule has 1 N–H and O–H groups in total. The van der Waals surface area contributed by atoms with Crippen molar-refractivity contribution < 1.29 is 13.5 Å². The van der Waals surface area contributed by atoms with E-state index in [1.54, 1.807) is 20.8 Å². The molecule has 0 aromatic carbocycles. The largest absolute Gasteiger partial charge is 0.393 e. The molecule has 0 aromatic rings. The molecule has 1 rings (SSSR count). The lowest BCUT2D eigenvalue weighted by atomic mass is 10.0. The fraction of sp³-hybridized carbons (Fsp3) is 1.00. The molecule has 15 heavy (non-hydrogen) atoms. The van der Waals surface area contributed by atoms with Crippen LogP contribution in [0.1, 0.15) is 46.5 Å². The Bertz CT molecular complexity index is 300. The molecule has 0 spiro atoms. The van der Waals surface area contributed by atoms with Gasteiger partial charge in [-0.2, -0.15) is 0 Å². The molecule has 1 aliphatic rings. The molecule has 0 heterocycles. The monoisotopic (exact) mass is 234 g/mol. The molecule has 0 amide bonds. The normalized spacial score (nSPS) is 28.3. The summed E-state index contributed by atoms with van der Waals surface area (Å²) >= 11 is 0. The van der Waals surface area contributed by atoms with E-state index in [-0.39, 0.29) is 17.8 Å². The Balaban J connectivity index is 2.50. The van der Waals surface area contributed by atoms with Crippen LogP contribution in [0, 0.1) is 5.92 Å². The lowest BCUT2D eigenvalue weighted by Crippen LogP contribution is -2.31. The lowest BCUT2D eigenvalue weighted by molar-refractivity contribution is 0.131. The van der Waals surface area contributed by atoms with Crippen molar-refractivity contribution in [3.63, 3.8) is 0 Å². The van der Waals surface area contributed by atoms with E-state index in [1.165, 1.54) is 0 Å². The number of aliphatic hydroxyl groups excluding tert-OH is 1. The molecule has 0 aliphatic heterocycles. The first-order valence-electron chi connectivity index (χ1n) is 5.64. The highest BCUT2D eigenvalue weighted by atomic mass is 32.2. The van der Waals surface area contributed by atoms with Crippen molar-refractivity contribution >= 4 is 9.84 Å². The van der Waals surface area contributed by atoms with Crippen LogP contribution in [0.2, 0.25) is 0 Å². The molecule has 0 radical (unpaired) electrons. The van der Waals surface area contributed by atoms with E-state index in [2.05, 4.69) is 0 Å². The van der Waals surface area contributed by atoms with Gasteiger partial charge in [-0.15, -0.1) is 0 Å². The van der Waals surface area contributed by atoms with E-state index in [1.807, 2.05) is 0 Å². The lowest BCUT2D eigenvalue weighted by Gasteiger charge is -2.21. The van der Waals surface area contributed by atoms with Crippen molar-refractivity contribution in [2.45, 2.75) is 57.3 Å². The Hall–Kier alpha value is -0.0900. The van der Waals surface area contributed by atoms with E-state index in [9.17, 15) is 13.5 Å². The van der Waals surface area contributed by atoms with Crippen LogP contribution in [0.4, 0.5) is 0 Å². The van der Waals surface area contributed by atoms with Crippen LogP contribution in [0.25, 0.3) is 0 Å². The van der Waals surface area contributed by atoms with Crippen LogP contribution in [0.15, 0.2) is 0 Å². The minimum atomic E-state index is -3.02. The molecule has 0 saturated heterocycles. The summed E-state index contributed by atoms with van der Waals surface area (Å²) in [4.78, 5) is 0. The molecular formula is C11H22O3S. The van der Waals surface area contributed by atoms with Gasteiger partial charge in [0.2, 0.25) is 0 Å². The van der Waals surface area contributed by atoms with Gasteiger partial charge in [-0.1, -0.05) is 6.42 Å². The molecule has 0 aromatic heterocycles. The second-order valence-corrected chi connectivity index (χ2v) is 8.34. The summed E-state index contributed by atoms with van der Waals surface area (Å²) < 4.78 is 23.0. The molecule has 0 bridgehead atoms. The van der Waals surface area contributed by atoms with E-state index in [4.69, 9.17) is 0 Å². The maximum Gasteiger partial charge on any atom is 0.155 e. The molecule has 90 valence electrons. The zero-order chi connectivity index (χ0) is 11.7. The van der Waals surface area contributed by atoms with Crippen LogP contribution in [-0.4, -0.2) is 30.1 Å². The summed E-state index contributed by atoms with van der Waals surface area (Å²) in [5.74, 6) is 0.403. The van der Waals surface area contributed by atoms with Gasteiger partial charge in [0.1, 0.15) is 0 Å². The smallest absolute Gasteiger partial charge is 0.155 e. The third-order valence-electron chi connectivity index (χ3n) is 3.31. The van der Waals surface area contributed by atoms with Crippen molar-refractivity contribution in [2.75, 3.05) is 5.75 Å². The topological polar surface area (TPSA) is 54.4 Å². The molecule has 3 nitrogen and oxygen atoms in total. The molecular weight excluding hydrogens is 212 g/mol. The van der Waals surface area contributed by atoms with Crippen molar-refractivity contribution in [2.24, 2.45) is 5.92 Å². The van der Waals surface area contributed by atoms with Crippen LogP contribution in [0.5, 0.6) is 0 Å². The maximum absolute atomic E-state index is 11.8. The van der Waals surface area contributed by atoms with Gasteiger partial charge >= 0.3 is 0 Å². The van der Waals surface area contributed by atoms with Crippen LogP contribution < -0.4 is 0 Å². The molecule has 1 aliphatic carbocycles. The van der Waals surface area contributed by atoms with Crippen LogP contribution in [0.3, 0.4) is 0 Å².